The second-order valence-electron chi connectivity index (χ2n) is 4.12. The maximum absolute atomic E-state index is 13.2. The number of imidazole rings is 1. The predicted molar refractivity (Wildman–Crippen MR) is 73.1 cm³/mol. The molecule has 0 saturated heterocycles. The van der Waals surface area contributed by atoms with Crippen molar-refractivity contribution < 1.29 is 12.8 Å². The Bertz CT molecular complexity index is 718. The number of hydrogen-bond acceptors (Lipinski definition) is 4. The Hall–Kier alpha value is -1.64. The molecule has 1 atom stereocenters. The summed E-state index contributed by atoms with van der Waals surface area (Å²) in [7, 11) is -3.94. The highest BCUT2D eigenvalue weighted by Crippen LogP contribution is 2.27. The molecule has 2 rings (SSSR count). The molecule has 1 aromatic carbocycles. The summed E-state index contributed by atoms with van der Waals surface area (Å²) in [5.41, 5.74) is 5.08. The number of nitrogen functional groups attached to an aromatic ring is 1. The lowest BCUT2D eigenvalue weighted by Crippen LogP contribution is -2.28. The maximum atomic E-state index is 13.2. The van der Waals surface area contributed by atoms with Crippen LogP contribution in [0.5, 0.6) is 0 Å². The third-order valence-corrected chi connectivity index (χ3v) is 4.61. The Kier molecular flexibility index (Phi) is 3.98. The molecule has 20 heavy (non-hydrogen) atoms. The minimum atomic E-state index is -3.94. The Labute approximate surface area is 120 Å². The lowest BCUT2D eigenvalue weighted by atomic mass is 10.3. The van der Waals surface area contributed by atoms with E-state index >= 15 is 0 Å². The molecule has 0 bridgehead atoms. The molecule has 4 N–H and O–H groups in total. The van der Waals surface area contributed by atoms with Crippen molar-refractivity contribution in [3.05, 3.63) is 41.2 Å². The zero-order valence-corrected chi connectivity index (χ0v) is 12.0. The van der Waals surface area contributed by atoms with Gasteiger partial charge in [0.1, 0.15) is 16.5 Å². The first-order valence-electron chi connectivity index (χ1n) is 5.57. The van der Waals surface area contributed by atoms with Gasteiger partial charge in [0.15, 0.2) is 0 Å². The first-order chi connectivity index (χ1) is 9.31. The van der Waals surface area contributed by atoms with Gasteiger partial charge in [-0.2, -0.15) is 0 Å². The Morgan fingerprint density at radius 3 is 2.80 bits per heavy atom. The fraction of sp³-hybridized carbons (Fsp3) is 0.182. The normalized spacial score (nSPS) is 13.3. The van der Waals surface area contributed by atoms with Crippen molar-refractivity contribution in [2.45, 2.75) is 17.9 Å². The lowest BCUT2D eigenvalue weighted by Gasteiger charge is -2.13. The van der Waals surface area contributed by atoms with Gasteiger partial charge >= 0.3 is 0 Å². The van der Waals surface area contributed by atoms with Crippen molar-refractivity contribution in [2.24, 2.45) is 0 Å². The maximum Gasteiger partial charge on any atom is 0.242 e. The number of hydrogen-bond donors (Lipinski definition) is 3. The van der Waals surface area contributed by atoms with Crippen LogP contribution in [0.2, 0.25) is 5.02 Å². The third kappa shape index (κ3) is 2.92. The number of aromatic amines is 1. The van der Waals surface area contributed by atoms with Gasteiger partial charge in [0.25, 0.3) is 0 Å². The van der Waals surface area contributed by atoms with Crippen LogP contribution >= 0.6 is 11.6 Å². The molecule has 0 aliphatic rings. The molecule has 6 nitrogen and oxygen atoms in total. The van der Waals surface area contributed by atoms with E-state index in [0.29, 0.717) is 5.82 Å². The van der Waals surface area contributed by atoms with Gasteiger partial charge in [0, 0.05) is 12.4 Å². The number of nitrogens with zero attached hydrogens (tertiary/aromatic N) is 1. The van der Waals surface area contributed by atoms with Crippen LogP contribution in [0.1, 0.15) is 18.8 Å². The van der Waals surface area contributed by atoms with Gasteiger partial charge in [0.2, 0.25) is 10.0 Å². The van der Waals surface area contributed by atoms with Crippen molar-refractivity contribution in [2.75, 3.05) is 5.73 Å². The van der Waals surface area contributed by atoms with Crippen LogP contribution in [0.15, 0.2) is 29.4 Å². The summed E-state index contributed by atoms with van der Waals surface area (Å²) in [6, 6.07) is 1.25. The van der Waals surface area contributed by atoms with E-state index in [0.717, 1.165) is 12.1 Å². The fourth-order valence-electron chi connectivity index (χ4n) is 1.62. The third-order valence-electron chi connectivity index (χ3n) is 2.60. The van der Waals surface area contributed by atoms with Crippen LogP contribution in [-0.4, -0.2) is 18.4 Å². The van der Waals surface area contributed by atoms with Gasteiger partial charge in [-0.1, -0.05) is 11.6 Å². The molecular weight excluding hydrogens is 307 g/mol. The fourth-order valence-corrected chi connectivity index (χ4v) is 3.37. The highest BCUT2D eigenvalue weighted by atomic mass is 35.5. The van der Waals surface area contributed by atoms with E-state index in [1.807, 2.05) is 0 Å². The molecule has 0 radical (unpaired) electrons. The number of aromatic nitrogens is 2. The second-order valence-corrected chi connectivity index (χ2v) is 6.21. The van der Waals surface area contributed by atoms with E-state index in [1.54, 1.807) is 13.1 Å². The van der Waals surface area contributed by atoms with Gasteiger partial charge in [-0.3, -0.25) is 0 Å². The van der Waals surface area contributed by atoms with Crippen molar-refractivity contribution in [1.82, 2.24) is 14.7 Å². The molecule has 0 aliphatic carbocycles. The smallest absolute Gasteiger partial charge is 0.242 e. The summed E-state index contributed by atoms with van der Waals surface area (Å²) in [4.78, 5) is 6.46. The highest BCUT2D eigenvalue weighted by molar-refractivity contribution is 7.89. The first-order valence-corrected chi connectivity index (χ1v) is 7.43. The number of sulfonamides is 1. The number of benzene rings is 1. The van der Waals surface area contributed by atoms with Crippen LogP contribution in [0, 0.1) is 5.82 Å². The molecule has 9 heteroatoms. The molecule has 1 heterocycles. The van der Waals surface area contributed by atoms with Gasteiger partial charge in [-0.15, -0.1) is 0 Å². The molecule has 1 aromatic heterocycles. The zero-order valence-electron chi connectivity index (χ0n) is 10.4. The van der Waals surface area contributed by atoms with E-state index in [2.05, 4.69) is 14.7 Å². The molecule has 0 saturated carbocycles. The average molecular weight is 319 g/mol. The van der Waals surface area contributed by atoms with Crippen LogP contribution in [-0.2, 0) is 10.0 Å². The highest BCUT2D eigenvalue weighted by Gasteiger charge is 2.23. The second kappa shape index (κ2) is 5.39. The van der Waals surface area contributed by atoms with Crippen LogP contribution in [0.25, 0.3) is 0 Å². The average Bonchev–Trinajstić information content (AvgIpc) is 2.86. The zero-order chi connectivity index (χ0) is 14.9. The molecule has 108 valence electrons. The topological polar surface area (TPSA) is 101 Å². The van der Waals surface area contributed by atoms with Crippen molar-refractivity contribution >= 4 is 27.3 Å². The summed E-state index contributed by atoms with van der Waals surface area (Å²) in [6.45, 7) is 1.61. The van der Waals surface area contributed by atoms with Crippen LogP contribution in [0.3, 0.4) is 0 Å². The number of halogens is 2. The molecule has 0 fully saturated rings. The van der Waals surface area contributed by atoms with E-state index < -0.39 is 21.9 Å². The molecular formula is C11H12ClFN4O2S. The van der Waals surface area contributed by atoms with Crippen LogP contribution in [0.4, 0.5) is 10.1 Å². The summed E-state index contributed by atoms with van der Waals surface area (Å²) in [6.07, 6.45) is 3.08. The molecule has 1 unspecified atom stereocenters. The first kappa shape index (κ1) is 14.8. The number of anilines is 1. The van der Waals surface area contributed by atoms with E-state index in [9.17, 15) is 12.8 Å². The van der Waals surface area contributed by atoms with Gasteiger partial charge in [-0.05, 0) is 19.1 Å². The number of nitrogens with one attached hydrogen (secondary N) is 2. The van der Waals surface area contributed by atoms with Gasteiger partial charge in [0.05, 0.1) is 16.8 Å². The summed E-state index contributed by atoms with van der Waals surface area (Å²) >= 11 is 5.76. The lowest BCUT2D eigenvalue weighted by molar-refractivity contribution is 0.560. The van der Waals surface area contributed by atoms with Crippen LogP contribution < -0.4 is 10.5 Å². The van der Waals surface area contributed by atoms with E-state index in [1.165, 1.54) is 6.20 Å². The van der Waals surface area contributed by atoms with Crippen molar-refractivity contribution in [3.63, 3.8) is 0 Å². The summed E-state index contributed by atoms with van der Waals surface area (Å²) in [5.74, 6) is -0.326. The Morgan fingerprint density at radius 1 is 1.50 bits per heavy atom. The summed E-state index contributed by atoms with van der Waals surface area (Å²) in [5, 5.41) is -0.240. The molecule has 0 amide bonds. The predicted octanol–water partition coefficient (Wildman–Crippen LogP) is 1.82. The largest absolute Gasteiger partial charge is 0.396 e. The molecule has 0 aliphatic heterocycles. The van der Waals surface area contributed by atoms with Gasteiger partial charge in [-0.25, -0.2) is 22.5 Å². The standard InChI is InChI=1S/C11H12ClFN4O2S/c1-6(11-15-2-3-16-11)17-20(18,19)10-5-9(14)8(13)4-7(10)12/h2-6,17H,14H2,1H3,(H,15,16). The molecule has 2 aromatic rings. The minimum Gasteiger partial charge on any atom is -0.396 e. The van der Waals surface area contributed by atoms with Crippen molar-refractivity contribution in [1.29, 1.82) is 0 Å². The summed E-state index contributed by atoms with van der Waals surface area (Å²) < 4.78 is 40.0. The van der Waals surface area contributed by atoms with Crippen molar-refractivity contribution in [3.8, 4) is 0 Å². The monoisotopic (exact) mass is 318 g/mol. The quantitative estimate of drug-likeness (QED) is 0.748. The van der Waals surface area contributed by atoms with E-state index in [4.69, 9.17) is 17.3 Å². The Balaban J connectivity index is 2.34. The van der Waals surface area contributed by atoms with E-state index in [-0.39, 0.29) is 15.6 Å². The number of nitrogens with two attached hydrogens (primary N) is 1. The van der Waals surface area contributed by atoms with Gasteiger partial charge < -0.3 is 10.7 Å². The number of rotatable bonds is 4. The number of H-pyrrole nitrogens is 1. The SMILES string of the molecule is CC(NS(=O)(=O)c1cc(N)c(F)cc1Cl)c1ncc[nH]1. The molecule has 0 spiro atoms. The minimum absolute atomic E-state index is 0.240. The Morgan fingerprint density at radius 2 is 2.20 bits per heavy atom.